The van der Waals surface area contributed by atoms with Gasteiger partial charge in [0.25, 0.3) is 5.91 Å². The van der Waals surface area contributed by atoms with Gasteiger partial charge < -0.3 is 9.47 Å². The third-order valence-electron chi connectivity index (χ3n) is 3.96. The quantitative estimate of drug-likeness (QED) is 0.436. The third kappa shape index (κ3) is 6.77. The molecule has 28 heavy (non-hydrogen) atoms. The van der Waals surface area contributed by atoms with Crippen molar-refractivity contribution in [1.29, 1.82) is 0 Å². The fraction of sp³-hybridized carbons (Fsp3) is 0.250. The molecule has 1 aliphatic heterocycles. The molecule has 1 aliphatic rings. The molecular formula is C20H22ClN3O4. The first-order chi connectivity index (χ1) is 13.2. The van der Waals surface area contributed by atoms with Crippen LogP contribution in [0, 0.1) is 0 Å². The summed E-state index contributed by atoms with van der Waals surface area (Å²) < 4.78 is 10.9. The number of benzene rings is 2. The van der Waals surface area contributed by atoms with Crippen molar-refractivity contribution in [3.63, 3.8) is 0 Å². The number of hydrazone groups is 1. The first kappa shape index (κ1) is 21.6. The fourth-order valence-corrected chi connectivity index (χ4v) is 2.55. The number of carbonyl (C=O) groups excluding carboxylic acids is 2. The van der Waals surface area contributed by atoms with Gasteiger partial charge in [0.15, 0.2) is 0 Å². The minimum atomic E-state index is -0.298. The molecule has 0 aromatic heterocycles. The predicted molar refractivity (Wildman–Crippen MR) is 108 cm³/mol. The summed E-state index contributed by atoms with van der Waals surface area (Å²) in [5.74, 6) is 0.801. The summed E-state index contributed by atoms with van der Waals surface area (Å²) >= 11 is 0. The van der Waals surface area contributed by atoms with Crippen molar-refractivity contribution >= 4 is 30.3 Å². The molecule has 1 N–H and O–H groups in total. The summed E-state index contributed by atoms with van der Waals surface area (Å²) in [7, 11) is 0. The van der Waals surface area contributed by atoms with Gasteiger partial charge in [-0.2, -0.15) is 5.10 Å². The third-order valence-corrected chi connectivity index (χ3v) is 3.96. The monoisotopic (exact) mass is 403 g/mol. The lowest BCUT2D eigenvalue weighted by Crippen LogP contribution is -2.42. The zero-order valence-electron chi connectivity index (χ0n) is 15.2. The van der Waals surface area contributed by atoms with Crippen LogP contribution in [0.25, 0.3) is 0 Å². The molecule has 0 aliphatic carbocycles. The second kappa shape index (κ2) is 11.2. The van der Waals surface area contributed by atoms with Gasteiger partial charge in [-0.15, -0.1) is 12.4 Å². The van der Waals surface area contributed by atoms with Crippen molar-refractivity contribution in [3.8, 4) is 11.5 Å². The number of amides is 1. The predicted octanol–water partition coefficient (Wildman–Crippen LogP) is 2.52. The Bertz CT molecular complexity index is 791. The maximum Gasteiger partial charge on any atom is 0.254 e. The number of carbonyl (C=O) groups is 2. The second-order valence-electron chi connectivity index (χ2n) is 5.99. The van der Waals surface area contributed by atoms with E-state index in [4.69, 9.17) is 9.47 Å². The minimum absolute atomic E-state index is 0. The molecule has 1 heterocycles. The molecule has 3 rings (SSSR count). The lowest BCUT2D eigenvalue weighted by Gasteiger charge is -2.25. The molecule has 0 atom stereocenters. The van der Waals surface area contributed by atoms with Gasteiger partial charge >= 0.3 is 0 Å². The average Bonchev–Trinajstić information content (AvgIpc) is 2.70. The molecule has 0 unspecified atom stereocenters. The standard InChI is InChI=1S/C20H21N3O4.ClH/c24-19(14-21-22-20(25)15-23-10-12-26-13-11-23)16-6-8-18(9-7-16)27-17-4-2-1-3-5-17;/h1-9,14H,10-13,15H2,(H,22,25);1H/b21-14+;. The Hall–Kier alpha value is -2.74. The zero-order chi connectivity index (χ0) is 18.9. The van der Waals surface area contributed by atoms with Gasteiger partial charge in [0.2, 0.25) is 5.78 Å². The number of rotatable bonds is 7. The van der Waals surface area contributed by atoms with Crippen molar-refractivity contribution in [2.75, 3.05) is 32.8 Å². The smallest absolute Gasteiger partial charge is 0.254 e. The molecule has 8 heteroatoms. The molecule has 0 saturated carbocycles. The van der Waals surface area contributed by atoms with E-state index < -0.39 is 0 Å². The Labute approximate surface area is 169 Å². The van der Waals surface area contributed by atoms with Crippen molar-refractivity contribution in [3.05, 3.63) is 60.2 Å². The number of halogens is 1. The number of ketones is 1. The summed E-state index contributed by atoms with van der Waals surface area (Å²) in [6.07, 6.45) is 1.10. The van der Waals surface area contributed by atoms with Crippen LogP contribution in [0.1, 0.15) is 10.4 Å². The SMILES string of the molecule is Cl.O=C(CN1CCOCC1)N/N=C/C(=O)c1ccc(Oc2ccccc2)cc1. The van der Waals surface area contributed by atoms with Crippen molar-refractivity contribution in [1.82, 2.24) is 10.3 Å². The molecule has 1 amide bonds. The van der Waals surface area contributed by atoms with Gasteiger partial charge in [0.1, 0.15) is 11.5 Å². The molecule has 0 bridgehead atoms. The number of hydrogen-bond acceptors (Lipinski definition) is 6. The van der Waals surface area contributed by atoms with Crippen molar-refractivity contribution in [2.24, 2.45) is 5.10 Å². The van der Waals surface area contributed by atoms with Crippen LogP contribution in [-0.4, -0.2) is 55.7 Å². The van der Waals surface area contributed by atoms with E-state index in [9.17, 15) is 9.59 Å². The maximum atomic E-state index is 12.1. The zero-order valence-corrected chi connectivity index (χ0v) is 16.1. The van der Waals surface area contributed by atoms with Crippen LogP contribution in [0.5, 0.6) is 11.5 Å². The molecule has 148 valence electrons. The lowest BCUT2D eigenvalue weighted by atomic mass is 10.1. The summed E-state index contributed by atoms with van der Waals surface area (Å²) in [5.41, 5.74) is 2.84. The van der Waals surface area contributed by atoms with Gasteiger partial charge in [-0.25, -0.2) is 5.43 Å². The molecule has 7 nitrogen and oxygen atoms in total. The maximum absolute atomic E-state index is 12.1. The first-order valence-corrected chi connectivity index (χ1v) is 8.70. The number of hydrogen-bond donors (Lipinski definition) is 1. The Morgan fingerprint density at radius 1 is 1.04 bits per heavy atom. The van der Waals surface area contributed by atoms with Crippen LogP contribution in [0.4, 0.5) is 0 Å². The number of Topliss-reactive ketones (excluding diaryl/α,β-unsaturated/α-hetero) is 1. The van der Waals surface area contributed by atoms with Crippen LogP contribution in [-0.2, 0) is 9.53 Å². The minimum Gasteiger partial charge on any atom is -0.457 e. The summed E-state index contributed by atoms with van der Waals surface area (Å²) in [6.45, 7) is 2.92. The molecular weight excluding hydrogens is 382 g/mol. The van der Waals surface area contributed by atoms with Crippen molar-refractivity contribution in [2.45, 2.75) is 0 Å². The second-order valence-corrected chi connectivity index (χ2v) is 5.99. The molecule has 2 aromatic carbocycles. The van der Waals surface area contributed by atoms with Crippen LogP contribution in [0.2, 0.25) is 0 Å². The van der Waals surface area contributed by atoms with E-state index in [0.717, 1.165) is 12.0 Å². The Kier molecular flexibility index (Phi) is 8.61. The van der Waals surface area contributed by atoms with Gasteiger partial charge in [0, 0.05) is 18.7 Å². The van der Waals surface area contributed by atoms with Crippen molar-refractivity contribution < 1.29 is 19.1 Å². The topological polar surface area (TPSA) is 80.2 Å². The highest BCUT2D eigenvalue weighted by Gasteiger charge is 2.13. The number of nitrogens with one attached hydrogen (secondary N) is 1. The highest BCUT2D eigenvalue weighted by molar-refractivity contribution is 6.35. The molecule has 0 radical (unpaired) electrons. The van der Waals surface area contributed by atoms with E-state index in [2.05, 4.69) is 10.5 Å². The molecule has 1 fully saturated rings. The molecule has 2 aromatic rings. The van der Waals surface area contributed by atoms with E-state index >= 15 is 0 Å². The van der Waals surface area contributed by atoms with Gasteiger partial charge in [-0.05, 0) is 36.4 Å². The normalized spacial score (nSPS) is 14.3. The first-order valence-electron chi connectivity index (χ1n) is 8.70. The Morgan fingerprint density at radius 3 is 2.36 bits per heavy atom. The van der Waals surface area contributed by atoms with Gasteiger partial charge in [0.05, 0.1) is 26.0 Å². The molecule has 1 saturated heterocycles. The Morgan fingerprint density at radius 2 is 1.68 bits per heavy atom. The fourth-order valence-electron chi connectivity index (χ4n) is 2.55. The van der Waals surface area contributed by atoms with E-state index in [1.165, 1.54) is 0 Å². The number of para-hydroxylation sites is 1. The molecule has 0 spiro atoms. The Balaban J connectivity index is 0.00000280. The van der Waals surface area contributed by atoms with E-state index in [1.807, 2.05) is 35.2 Å². The van der Waals surface area contributed by atoms with Crippen LogP contribution in [0.15, 0.2) is 59.7 Å². The summed E-state index contributed by atoms with van der Waals surface area (Å²) in [5, 5.41) is 3.74. The van der Waals surface area contributed by atoms with E-state index in [-0.39, 0.29) is 30.6 Å². The average molecular weight is 404 g/mol. The lowest BCUT2D eigenvalue weighted by molar-refractivity contribution is -0.123. The van der Waals surface area contributed by atoms with Gasteiger partial charge in [-0.1, -0.05) is 18.2 Å². The summed E-state index contributed by atoms with van der Waals surface area (Å²) in [6, 6.07) is 16.1. The number of morpholine rings is 1. The largest absolute Gasteiger partial charge is 0.457 e. The summed E-state index contributed by atoms with van der Waals surface area (Å²) in [4.78, 5) is 25.9. The number of nitrogens with zero attached hydrogens (tertiary/aromatic N) is 2. The van der Waals surface area contributed by atoms with Gasteiger partial charge in [-0.3, -0.25) is 14.5 Å². The van der Waals surface area contributed by atoms with Crippen LogP contribution < -0.4 is 10.2 Å². The number of ether oxygens (including phenoxy) is 2. The van der Waals surface area contributed by atoms with Crippen LogP contribution in [0.3, 0.4) is 0 Å². The van der Waals surface area contributed by atoms with E-state index in [1.54, 1.807) is 24.3 Å². The van der Waals surface area contributed by atoms with Crippen LogP contribution >= 0.6 is 12.4 Å². The highest BCUT2D eigenvalue weighted by Crippen LogP contribution is 2.21. The highest BCUT2D eigenvalue weighted by atomic mass is 35.5. The van der Waals surface area contributed by atoms with E-state index in [0.29, 0.717) is 37.6 Å².